The van der Waals surface area contributed by atoms with Gasteiger partial charge in [0.1, 0.15) is 0 Å². The predicted octanol–water partition coefficient (Wildman–Crippen LogP) is 0.278. The molecule has 84 valence electrons. The Kier molecular flexibility index (Phi) is 5.71. The van der Waals surface area contributed by atoms with Gasteiger partial charge in [-0.05, 0) is 12.3 Å². The van der Waals surface area contributed by atoms with E-state index in [1.165, 1.54) is 0 Å². The van der Waals surface area contributed by atoms with Crippen molar-refractivity contribution in [1.82, 2.24) is 4.72 Å². The van der Waals surface area contributed by atoms with Crippen molar-refractivity contribution < 1.29 is 8.42 Å². The average Bonchev–Trinajstić information content (AvgIpc) is 2.00. The molecule has 0 fully saturated rings. The number of sulfonamides is 1. The van der Waals surface area contributed by atoms with E-state index >= 15 is 0 Å². The predicted molar refractivity (Wildman–Crippen MR) is 57.8 cm³/mol. The maximum Gasteiger partial charge on any atom is 0.211 e. The van der Waals surface area contributed by atoms with Gasteiger partial charge in [-0.2, -0.15) is 0 Å². The van der Waals surface area contributed by atoms with E-state index in [9.17, 15) is 8.42 Å². The molecule has 0 aliphatic rings. The van der Waals surface area contributed by atoms with Crippen LogP contribution in [0.5, 0.6) is 0 Å². The second kappa shape index (κ2) is 5.98. The number of amidine groups is 1. The molecule has 0 bridgehead atoms. The largest absolute Gasteiger partial charge is 0.388 e. The van der Waals surface area contributed by atoms with E-state index in [2.05, 4.69) is 4.72 Å². The molecule has 0 aromatic heterocycles. The zero-order valence-electron chi connectivity index (χ0n) is 8.71. The van der Waals surface area contributed by atoms with Crippen molar-refractivity contribution in [2.45, 2.75) is 26.7 Å². The third-order valence-corrected chi connectivity index (χ3v) is 3.10. The van der Waals surface area contributed by atoms with Gasteiger partial charge in [0, 0.05) is 13.0 Å². The smallest absolute Gasteiger partial charge is 0.211 e. The topological polar surface area (TPSA) is 96.0 Å². The second-order valence-electron chi connectivity index (χ2n) is 3.67. The number of nitrogens with two attached hydrogens (primary N) is 1. The zero-order valence-corrected chi connectivity index (χ0v) is 9.52. The molecule has 0 saturated heterocycles. The van der Waals surface area contributed by atoms with Gasteiger partial charge in [-0.25, -0.2) is 13.1 Å². The molecule has 0 saturated carbocycles. The molecule has 4 N–H and O–H groups in total. The molecule has 0 spiro atoms. The average molecular weight is 221 g/mol. The normalized spacial score (nSPS) is 11.9. The molecule has 0 rings (SSSR count). The summed E-state index contributed by atoms with van der Waals surface area (Å²) in [4.78, 5) is 0. The fourth-order valence-electron chi connectivity index (χ4n) is 0.804. The van der Waals surface area contributed by atoms with Crippen LogP contribution in [0.15, 0.2) is 0 Å². The molecule has 0 radical (unpaired) electrons. The Morgan fingerprint density at radius 3 is 2.50 bits per heavy atom. The molecular formula is C8H19N3O2S. The summed E-state index contributed by atoms with van der Waals surface area (Å²) in [6, 6.07) is 0. The second-order valence-corrected chi connectivity index (χ2v) is 5.60. The Hall–Kier alpha value is -0.620. The quantitative estimate of drug-likeness (QED) is 0.425. The Morgan fingerprint density at radius 2 is 2.07 bits per heavy atom. The first-order valence-electron chi connectivity index (χ1n) is 4.63. The molecule has 14 heavy (non-hydrogen) atoms. The summed E-state index contributed by atoms with van der Waals surface area (Å²) in [6.07, 6.45) is 0.913. The highest BCUT2D eigenvalue weighted by molar-refractivity contribution is 7.89. The Bertz CT molecular complexity index is 272. The summed E-state index contributed by atoms with van der Waals surface area (Å²) in [5, 5.41) is 6.92. The maximum atomic E-state index is 11.3. The van der Waals surface area contributed by atoms with Gasteiger partial charge >= 0.3 is 0 Å². The number of rotatable bonds is 7. The third kappa shape index (κ3) is 8.00. The highest BCUT2D eigenvalue weighted by atomic mass is 32.2. The van der Waals surface area contributed by atoms with E-state index in [-0.39, 0.29) is 24.6 Å². The number of hydrogen-bond acceptors (Lipinski definition) is 3. The van der Waals surface area contributed by atoms with Crippen molar-refractivity contribution >= 4 is 15.9 Å². The van der Waals surface area contributed by atoms with Gasteiger partial charge in [-0.3, -0.25) is 5.41 Å². The number of nitrogens with one attached hydrogen (secondary N) is 2. The van der Waals surface area contributed by atoms with Crippen LogP contribution in [0, 0.1) is 11.3 Å². The highest BCUT2D eigenvalue weighted by Crippen LogP contribution is 2.01. The summed E-state index contributed by atoms with van der Waals surface area (Å²) in [7, 11) is -3.17. The first kappa shape index (κ1) is 13.4. The fraction of sp³-hybridized carbons (Fsp3) is 0.875. The van der Waals surface area contributed by atoms with Crippen LogP contribution < -0.4 is 10.5 Å². The molecule has 0 aromatic carbocycles. The van der Waals surface area contributed by atoms with Crippen molar-refractivity contribution in [3.63, 3.8) is 0 Å². The lowest BCUT2D eigenvalue weighted by Crippen LogP contribution is -2.30. The van der Waals surface area contributed by atoms with Gasteiger partial charge in [-0.15, -0.1) is 0 Å². The van der Waals surface area contributed by atoms with Crippen LogP contribution in [0.25, 0.3) is 0 Å². The summed E-state index contributed by atoms with van der Waals surface area (Å²) in [5.41, 5.74) is 5.09. The van der Waals surface area contributed by atoms with Gasteiger partial charge in [0.25, 0.3) is 0 Å². The molecular weight excluding hydrogens is 202 g/mol. The van der Waals surface area contributed by atoms with E-state index in [0.717, 1.165) is 0 Å². The Labute approximate surface area is 85.6 Å². The van der Waals surface area contributed by atoms with E-state index in [0.29, 0.717) is 12.3 Å². The van der Waals surface area contributed by atoms with Crippen molar-refractivity contribution in [2.24, 2.45) is 11.7 Å². The van der Waals surface area contributed by atoms with Crippen LogP contribution in [0.4, 0.5) is 0 Å². The van der Waals surface area contributed by atoms with Crippen molar-refractivity contribution in [1.29, 1.82) is 5.41 Å². The Morgan fingerprint density at radius 1 is 1.50 bits per heavy atom. The van der Waals surface area contributed by atoms with Crippen molar-refractivity contribution in [3.05, 3.63) is 0 Å². The molecule has 0 aromatic rings. The molecule has 0 atom stereocenters. The van der Waals surface area contributed by atoms with E-state index in [1.54, 1.807) is 0 Å². The minimum atomic E-state index is -3.17. The molecule has 5 nitrogen and oxygen atoms in total. The minimum absolute atomic E-state index is 0.00319. The van der Waals surface area contributed by atoms with Crippen LogP contribution in [0.1, 0.15) is 26.7 Å². The zero-order chi connectivity index (χ0) is 11.2. The summed E-state index contributed by atoms with van der Waals surface area (Å²) in [6.45, 7) is 4.17. The SMILES string of the molecule is CC(C)CCS(=O)(=O)NCCC(=N)N. The monoisotopic (exact) mass is 221 g/mol. The standard InChI is InChI=1S/C8H19N3O2S/c1-7(2)4-6-14(12,13)11-5-3-8(9)10/h7,11H,3-6H2,1-2H3,(H3,9,10). The highest BCUT2D eigenvalue weighted by Gasteiger charge is 2.10. The van der Waals surface area contributed by atoms with E-state index < -0.39 is 10.0 Å². The summed E-state index contributed by atoms with van der Waals surface area (Å²) < 4.78 is 25.0. The summed E-state index contributed by atoms with van der Waals surface area (Å²) in [5.74, 6) is 0.513. The van der Waals surface area contributed by atoms with Crippen LogP contribution >= 0.6 is 0 Å². The molecule has 0 aliphatic heterocycles. The molecule has 0 unspecified atom stereocenters. The molecule has 0 amide bonds. The molecule has 6 heteroatoms. The fourth-order valence-corrected chi connectivity index (χ4v) is 2.14. The van der Waals surface area contributed by atoms with Gasteiger partial charge in [0.05, 0.1) is 11.6 Å². The minimum Gasteiger partial charge on any atom is -0.388 e. The van der Waals surface area contributed by atoms with Gasteiger partial charge < -0.3 is 5.73 Å². The van der Waals surface area contributed by atoms with Crippen molar-refractivity contribution in [3.8, 4) is 0 Å². The van der Waals surface area contributed by atoms with Crippen LogP contribution in [0.3, 0.4) is 0 Å². The lowest BCUT2D eigenvalue weighted by molar-refractivity contribution is 0.562. The van der Waals surface area contributed by atoms with Gasteiger partial charge in [-0.1, -0.05) is 13.8 Å². The van der Waals surface area contributed by atoms with Crippen molar-refractivity contribution in [2.75, 3.05) is 12.3 Å². The lowest BCUT2D eigenvalue weighted by Gasteiger charge is -2.07. The van der Waals surface area contributed by atoms with E-state index in [4.69, 9.17) is 11.1 Å². The summed E-state index contributed by atoms with van der Waals surface area (Å²) >= 11 is 0. The maximum absolute atomic E-state index is 11.3. The van der Waals surface area contributed by atoms with Crippen LogP contribution in [-0.4, -0.2) is 26.6 Å². The molecule has 0 heterocycles. The third-order valence-electron chi connectivity index (χ3n) is 1.68. The van der Waals surface area contributed by atoms with Crippen LogP contribution in [-0.2, 0) is 10.0 Å². The first-order valence-corrected chi connectivity index (χ1v) is 6.29. The van der Waals surface area contributed by atoms with Gasteiger partial charge in [0.2, 0.25) is 10.0 Å². The Balaban J connectivity index is 3.79. The van der Waals surface area contributed by atoms with Gasteiger partial charge in [0.15, 0.2) is 0 Å². The lowest BCUT2D eigenvalue weighted by atomic mass is 10.2. The van der Waals surface area contributed by atoms with Crippen LogP contribution in [0.2, 0.25) is 0 Å². The molecule has 0 aliphatic carbocycles. The number of hydrogen-bond donors (Lipinski definition) is 3. The van der Waals surface area contributed by atoms with E-state index in [1.807, 2.05) is 13.8 Å². The first-order chi connectivity index (χ1) is 6.33.